The number of aryl methyl sites for hydroxylation is 8. The molecule has 7 aromatic carbocycles. The fourth-order valence-electron chi connectivity index (χ4n) is 9.64. The molecule has 2 heteroatoms. The molecule has 0 atom stereocenters. The highest BCUT2D eigenvalue weighted by Crippen LogP contribution is 2.37. The molecule has 2 nitrogen and oxygen atoms in total. The zero-order chi connectivity index (χ0) is 43.6. The van der Waals surface area contributed by atoms with E-state index in [-0.39, 0.29) is 0 Å². The molecule has 0 fully saturated rings. The Hall–Kier alpha value is -5.86. The van der Waals surface area contributed by atoms with Gasteiger partial charge in [0, 0.05) is 22.7 Å². The third-order valence-electron chi connectivity index (χ3n) is 12.6. The van der Waals surface area contributed by atoms with Gasteiger partial charge < -0.3 is 10.6 Å². The van der Waals surface area contributed by atoms with Crippen molar-refractivity contribution in [2.75, 3.05) is 10.6 Å². The van der Waals surface area contributed by atoms with Crippen LogP contribution in [0.5, 0.6) is 0 Å². The van der Waals surface area contributed by atoms with E-state index in [9.17, 15) is 0 Å². The first kappa shape index (κ1) is 44.2. The van der Waals surface area contributed by atoms with Gasteiger partial charge in [0.2, 0.25) is 0 Å². The van der Waals surface area contributed by atoms with Gasteiger partial charge in [-0.3, -0.25) is 0 Å². The molecule has 0 heterocycles. The van der Waals surface area contributed by atoms with Gasteiger partial charge in [-0.1, -0.05) is 148 Å². The molecule has 0 amide bonds. The SMILES string of the molecule is CCCCCCc1cc(-c2ccc(Nc3ccc(-c4c(C)cc(C)cc4C)cc3)cc2)c(CCCCCC)cc1-c1ccc(Nc2ccc(-c3c(C)cc(C)cc3C)cc2)cc1. The first-order chi connectivity index (χ1) is 30.1. The molecule has 0 unspecified atom stereocenters. The summed E-state index contributed by atoms with van der Waals surface area (Å²) in [7, 11) is 0. The van der Waals surface area contributed by atoms with Gasteiger partial charge in [-0.05, 0) is 194 Å². The molecule has 0 spiro atoms. The molecule has 2 N–H and O–H groups in total. The molecule has 0 radical (unpaired) electrons. The normalized spacial score (nSPS) is 11.2. The van der Waals surface area contributed by atoms with E-state index in [4.69, 9.17) is 0 Å². The largest absolute Gasteiger partial charge is 0.356 e. The Balaban J connectivity index is 1.13. The molecule has 318 valence electrons. The lowest BCUT2D eigenvalue weighted by atomic mass is 9.87. The molecule has 0 aliphatic heterocycles. The van der Waals surface area contributed by atoms with Crippen LogP contribution < -0.4 is 10.6 Å². The Kier molecular flexibility index (Phi) is 14.8. The van der Waals surface area contributed by atoms with Crippen molar-refractivity contribution >= 4 is 22.7 Å². The van der Waals surface area contributed by atoms with E-state index < -0.39 is 0 Å². The molecular formula is C60H68N2. The van der Waals surface area contributed by atoms with E-state index in [0.717, 1.165) is 35.6 Å². The number of unbranched alkanes of at least 4 members (excludes halogenated alkanes) is 6. The summed E-state index contributed by atoms with van der Waals surface area (Å²) in [5.41, 5.74) is 25.8. The third-order valence-corrected chi connectivity index (χ3v) is 12.6. The second kappa shape index (κ2) is 20.8. The van der Waals surface area contributed by atoms with Crippen molar-refractivity contribution in [1.82, 2.24) is 0 Å². The summed E-state index contributed by atoms with van der Waals surface area (Å²) in [6.07, 6.45) is 12.2. The minimum absolute atomic E-state index is 1.09. The maximum atomic E-state index is 3.67. The fourth-order valence-corrected chi connectivity index (χ4v) is 9.64. The fraction of sp³-hybridized carbons (Fsp3) is 0.300. The Labute approximate surface area is 373 Å². The maximum Gasteiger partial charge on any atom is 0.0384 e. The minimum Gasteiger partial charge on any atom is -0.356 e. The molecule has 0 saturated carbocycles. The Morgan fingerprint density at radius 2 is 0.613 bits per heavy atom. The highest BCUT2D eigenvalue weighted by molar-refractivity contribution is 5.80. The predicted molar refractivity (Wildman–Crippen MR) is 272 cm³/mol. The highest BCUT2D eigenvalue weighted by Gasteiger charge is 2.15. The smallest absolute Gasteiger partial charge is 0.0384 e. The summed E-state index contributed by atoms with van der Waals surface area (Å²) in [5, 5.41) is 7.35. The standard InChI is InChI=1S/C60H68N2/c1-9-11-13-15-17-51-39-58(48-21-29-54(30-22-48)62-56-33-25-50(26-34-56)60-45(7)37-42(4)38-46(60)8)52(18-16-14-12-10-2)40-57(51)47-19-27-53(28-20-47)61-55-31-23-49(24-32-55)59-43(5)35-41(3)36-44(59)6/h19-40,61-62H,9-18H2,1-8H3. The second-order valence-corrected chi connectivity index (χ2v) is 17.9. The average Bonchev–Trinajstić information content (AvgIpc) is 3.25. The molecule has 0 aliphatic rings. The van der Waals surface area contributed by atoms with Crippen LogP contribution in [0.2, 0.25) is 0 Å². The van der Waals surface area contributed by atoms with Gasteiger partial charge >= 0.3 is 0 Å². The summed E-state index contributed by atoms with van der Waals surface area (Å²) in [5.74, 6) is 0. The number of hydrogen-bond donors (Lipinski definition) is 2. The summed E-state index contributed by atoms with van der Waals surface area (Å²) in [6.45, 7) is 17.8. The quantitative estimate of drug-likeness (QED) is 0.0843. The number of hydrogen-bond acceptors (Lipinski definition) is 2. The zero-order valence-corrected chi connectivity index (χ0v) is 38.8. The van der Waals surface area contributed by atoms with Gasteiger partial charge in [-0.2, -0.15) is 0 Å². The zero-order valence-electron chi connectivity index (χ0n) is 38.8. The summed E-state index contributed by atoms with van der Waals surface area (Å²) < 4.78 is 0. The van der Waals surface area contributed by atoms with Gasteiger partial charge in [0.05, 0.1) is 0 Å². The van der Waals surface area contributed by atoms with Crippen molar-refractivity contribution in [3.63, 3.8) is 0 Å². The summed E-state index contributed by atoms with van der Waals surface area (Å²) in [4.78, 5) is 0. The van der Waals surface area contributed by atoms with Gasteiger partial charge in [-0.25, -0.2) is 0 Å². The van der Waals surface area contributed by atoms with Crippen molar-refractivity contribution < 1.29 is 0 Å². The topological polar surface area (TPSA) is 24.1 Å². The highest BCUT2D eigenvalue weighted by atomic mass is 14.9. The van der Waals surface area contributed by atoms with Crippen LogP contribution in [0.1, 0.15) is 110 Å². The van der Waals surface area contributed by atoms with E-state index in [1.807, 2.05) is 0 Å². The van der Waals surface area contributed by atoms with Gasteiger partial charge in [0.15, 0.2) is 0 Å². The average molecular weight is 817 g/mol. The van der Waals surface area contributed by atoms with Crippen molar-refractivity contribution in [2.24, 2.45) is 0 Å². The maximum absolute atomic E-state index is 3.67. The lowest BCUT2D eigenvalue weighted by molar-refractivity contribution is 0.664. The van der Waals surface area contributed by atoms with Gasteiger partial charge in [0.25, 0.3) is 0 Å². The van der Waals surface area contributed by atoms with Gasteiger partial charge in [-0.15, -0.1) is 0 Å². The molecular weight excluding hydrogens is 749 g/mol. The Morgan fingerprint density at radius 1 is 0.323 bits per heavy atom. The molecule has 7 aromatic rings. The first-order valence-electron chi connectivity index (χ1n) is 23.4. The molecule has 0 aliphatic carbocycles. The number of nitrogens with one attached hydrogen (secondary N) is 2. The van der Waals surface area contributed by atoms with E-state index >= 15 is 0 Å². The molecule has 0 saturated heterocycles. The van der Waals surface area contributed by atoms with Crippen LogP contribution in [0.25, 0.3) is 44.5 Å². The van der Waals surface area contributed by atoms with Crippen molar-refractivity contribution in [1.29, 1.82) is 0 Å². The lowest BCUT2D eigenvalue weighted by Crippen LogP contribution is -1.99. The van der Waals surface area contributed by atoms with Crippen LogP contribution in [0, 0.1) is 41.5 Å². The lowest BCUT2D eigenvalue weighted by Gasteiger charge is -2.19. The third kappa shape index (κ3) is 11.0. The number of benzene rings is 7. The van der Waals surface area contributed by atoms with Crippen LogP contribution >= 0.6 is 0 Å². The number of anilines is 4. The summed E-state index contributed by atoms with van der Waals surface area (Å²) >= 11 is 0. The Morgan fingerprint density at radius 3 is 0.903 bits per heavy atom. The molecule has 7 rings (SSSR count). The number of rotatable bonds is 18. The van der Waals surface area contributed by atoms with E-state index in [1.54, 1.807) is 0 Å². The second-order valence-electron chi connectivity index (χ2n) is 17.9. The van der Waals surface area contributed by atoms with Crippen LogP contribution in [0.15, 0.2) is 133 Å². The van der Waals surface area contributed by atoms with Crippen LogP contribution in [0.3, 0.4) is 0 Å². The Bertz CT molecular complexity index is 2330. The van der Waals surface area contributed by atoms with E-state index in [2.05, 4.69) is 199 Å². The van der Waals surface area contributed by atoms with Crippen molar-refractivity contribution in [3.05, 3.63) is 178 Å². The van der Waals surface area contributed by atoms with Crippen LogP contribution in [0.4, 0.5) is 22.7 Å². The first-order valence-corrected chi connectivity index (χ1v) is 23.4. The monoisotopic (exact) mass is 817 g/mol. The van der Waals surface area contributed by atoms with Crippen molar-refractivity contribution in [3.8, 4) is 44.5 Å². The van der Waals surface area contributed by atoms with E-state index in [1.165, 1.54) is 140 Å². The minimum atomic E-state index is 1.09. The molecule has 62 heavy (non-hydrogen) atoms. The van der Waals surface area contributed by atoms with Crippen LogP contribution in [-0.2, 0) is 12.8 Å². The van der Waals surface area contributed by atoms with Crippen LogP contribution in [-0.4, -0.2) is 0 Å². The van der Waals surface area contributed by atoms with Crippen molar-refractivity contribution in [2.45, 2.75) is 120 Å². The van der Waals surface area contributed by atoms with Gasteiger partial charge in [0.1, 0.15) is 0 Å². The predicted octanol–water partition coefficient (Wildman–Crippen LogP) is 17.9. The molecule has 0 aromatic heterocycles. The molecule has 0 bridgehead atoms. The van der Waals surface area contributed by atoms with E-state index in [0.29, 0.717) is 0 Å². The summed E-state index contributed by atoms with van der Waals surface area (Å²) in [6, 6.07) is 50.2.